The molecule has 1 fully saturated rings. The molecule has 2 aromatic rings. The van der Waals surface area contributed by atoms with E-state index in [9.17, 15) is 23.3 Å². The van der Waals surface area contributed by atoms with Crippen molar-refractivity contribution in [2.75, 3.05) is 12.4 Å². The van der Waals surface area contributed by atoms with Crippen LogP contribution in [0.15, 0.2) is 47.4 Å². The molecule has 0 heterocycles. The lowest BCUT2D eigenvalue weighted by molar-refractivity contribution is -0.385. The second-order valence-corrected chi connectivity index (χ2v) is 8.79. The van der Waals surface area contributed by atoms with Gasteiger partial charge in [-0.1, -0.05) is 19.3 Å². The predicted molar refractivity (Wildman–Crippen MR) is 111 cm³/mol. The molecular weight excluding hydrogens is 410 g/mol. The molecule has 0 spiro atoms. The number of amides is 1. The molecule has 2 aromatic carbocycles. The van der Waals surface area contributed by atoms with Crippen molar-refractivity contribution in [3.8, 4) is 5.75 Å². The van der Waals surface area contributed by atoms with Crippen LogP contribution in [0.5, 0.6) is 5.75 Å². The summed E-state index contributed by atoms with van der Waals surface area (Å²) in [7, 11) is -2.33. The van der Waals surface area contributed by atoms with Crippen molar-refractivity contribution < 1.29 is 22.9 Å². The minimum absolute atomic E-state index is 0.0472. The lowest BCUT2D eigenvalue weighted by atomic mass is 9.96. The SMILES string of the molecule is COc1ccc(C(=O)Nc2ccc(S(=O)(=O)NC3CCCCC3)cc2)cc1[N+](=O)[O-]. The number of rotatable bonds is 7. The van der Waals surface area contributed by atoms with Crippen LogP contribution in [0.4, 0.5) is 11.4 Å². The van der Waals surface area contributed by atoms with Gasteiger partial charge in [-0.05, 0) is 49.2 Å². The fourth-order valence-corrected chi connectivity index (χ4v) is 4.71. The van der Waals surface area contributed by atoms with E-state index in [0.29, 0.717) is 5.69 Å². The van der Waals surface area contributed by atoms with Crippen molar-refractivity contribution in [2.24, 2.45) is 0 Å². The van der Waals surface area contributed by atoms with Gasteiger partial charge in [-0.25, -0.2) is 13.1 Å². The van der Waals surface area contributed by atoms with Crippen LogP contribution in [0.2, 0.25) is 0 Å². The van der Waals surface area contributed by atoms with Gasteiger partial charge in [-0.2, -0.15) is 0 Å². The van der Waals surface area contributed by atoms with Crippen LogP contribution < -0.4 is 14.8 Å². The van der Waals surface area contributed by atoms with Crippen LogP contribution in [0.25, 0.3) is 0 Å². The molecule has 9 nitrogen and oxygen atoms in total. The van der Waals surface area contributed by atoms with Crippen molar-refractivity contribution >= 4 is 27.3 Å². The van der Waals surface area contributed by atoms with Crippen molar-refractivity contribution in [2.45, 2.75) is 43.0 Å². The first-order chi connectivity index (χ1) is 14.3. The van der Waals surface area contributed by atoms with Crippen LogP contribution in [-0.2, 0) is 10.0 Å². The smallest absolute Gasteiger partial charge is 0.311 e. The van der Waals surface area contributed by atoms with Crippen LogP contribution in [0.1, 0.15) is 42.5 Å². The van der Waals surface area contributed by atoms with E-state index in [4.69, 9.17) is 4.74 Å². The number of nitro groups is 1. The molecule has 0 unspecified atom stereocenters. The molecule has 2 N–H and O–H groups in total. The van der Waals surface area contributed by atoms with Gasteiger partial charge in [0, 0.05) is 23.4 Å². The number of hydrogen-bond donors (Lipinski definition) is 2. The van der Waals surface area contributed by atoms with E-state index >= 15 is 0 Å². The molecule has 0 saturated heterocycles. The predicted octanol–water partition coefficient (Wildman–Crippen LogP) is 3.47. The highest BCUT2D eigenvalue weighted by atomic mass is 32.2. The first kappa shape index (κ1) is 21.7. The molecule has 0 radical (unpaired) electrons. The highest BCUT2D eigenvalue weighted by Crippen LogP contribution is 2.28. The molecule has 1 aliphatic rings. The first-order valence-electron chi connectivity index (χ1n) is 9.56. The maximum absolute atomic E-state index is 12.5. The van der Waals surface area contributed by atoms with E-state index in [-0.39, 0.29) is 27.9 Å². The van der Waals surface area contributed by atoms with Crippen LogP contribution in [-0.4, -0.2) is 32.4 Å². The zero-order valence-corrected chi connectivity index (χ0v) is 17.3. The Balaban J connectivity index is 1.70. The Morgan fingerprint density at radius 2 is 1.77 bits per heavy atom. The summed E-state index contributed by atoms with van der Waals surface area (Å²) in [4.78, 5) is 23.0. The lowest BCUT2D eigenvalue weighted by Crippen LogP contribution is -2.36. The number of anilines is 1. The summed E-state index contributed by atoms with van der Waals surface area (Å²) < 4.78 is 32.7. The third-order valence-corrected chi connectivity index (χ3v) is 6.52. The third kappa shape index (κ3) is 5.14. The molecule has 30 heavy (non-hydrogen) atoms. The molecule has 1 amide bonds. The second-order valence-electron chi connectivity index (χ2n) is 7.08. The number of carbonyl (C=O) groups excluding carboxylic acids is 1. The molecule has 0 aliphatic heterocycles. The average Bonchev–Trinajstić information content (AvgIpc) is 2.74. The molecule has 160 valence electrons. The summed E-state index contributed by atoms with van der Waals surface area (Å²) in [5.41, 5.74) is 0.133. The molecular formula is C20H23N3O6S. The van der Waals surface area contributed by atoms with E-state index in [1.807, 2.05) is 0 Å². The number of hydrogen-bond acceptors (Lipinski definition) is 6. The van der Waals surface area contributed by atoms with Crippen molar-refractivity contribution in [1.29, 1.82) is 0 Å². The maximum Gasteiger partial charge on any atom is 0.311 e. The highest BCUT2D eigenvalue weighted by molar-refractivity contribution is 7.89. The Morgan fingerprint density at radius 3 is 2.37 bits per heavy atom. The summed E-state index contributed by atoms with van der Waals surface area (Å²) in [6.45, 7) is 0. The number of sulfonamides is 1. The van der Waals surface area contributed by atoms with Gasteiger partial charge in [0.05, 0.1) is 16.9 Å². The van der Waals surface area contributed by atoms with Gasteiger partial charge in [-0.15, -0.1) is 0 Å². The van der Waals surface area contributed by atoms with Gasteiger partial charge < -0.3 is 10.1 Å². The molecule has 0 aromatic heterocycles. The van der Waals surface area contributed by atoms with E-state index in [2.05, 4.69) is 10.0 Å². The standard InChI is InChI=1S/C20H23N3O6S/c1-29-19-12-7-14(13-18(19)23(25)26)20(24)21-15-8-10-17(11-9-15)30(27,28)22-16-5-3-2-4-6-16/h7-13,16,22H,2-6H2,1H3,(H,21,24). The Hall–Kier alpha value is -2.98. The normalized spacial score (nSPS) is 14.8. The number of nitrogens with one attached hydrogen (secondary N) is 2. The molecule has 0 atom stereocenters. The van der Waals surface area contributed by atoms with Crippen molar-refractivity contribution in [3.63, 3.8) is 0 Å². The number of nitrogens with zero attached hydrogens (tertiary/aromatic N) is 1. The molecule has 3 rings (SSSR count). The number of methoxy groups -OCH3 is 1. The largest absolute Gasteiger partial charge is 0.490 e. The van der Waals surface area contributed by atoms with Gasteiger partial charge in [0.15, 0.2) is 5.75 Å². The van der Waals surface area contributed by atoms with E-state index in [0.717, 1.165) is 38.2 Å². The Bertz CT molecular complexity index is 1030. The third-order valence-electron chi connectivity index (χ3n) is 4.99. The average molecular weight is 433 g/mol. The monoisotopic (exact) mass is 433 g/mol. The fraction of sp³-hybridized carbons (Fsp3) is 0.350. The minimum Gasteiger partial charge on any atom is -0.490 e. The number of benzene rings is 2. The summed E-state index contributed by atoms with van der Waals surface area (Å²) >= 11 is 0. The van der Waals surface area contributed by atoms with Crippen molar-refractivity contribution in [1.82, 2.24) is 4.72 Å². The van der Waals surface area contributed by atoms with Crippen LogP contribution in [0.3, 0.4) is 0 Å². The zero-order chi connectivity index (χ0) is 21.7. The van der Waals surface area contributed by atoms with Gasteiger partial charge in [-0.3, -0.25) is 14.9 Å². The van der Waals surface area contributed by atoms with Crippen LogP contribution in [0, 0.1) is 10.1 Å². The highest BCUT2D eigenvalue weighted by Gasteiger charge is 2.22. The molecule has 10 heteroatoms. The summed E-state index contributed by atoms with van der Waals surface area (Å²) in [5.74, 6) is -0.506. The summed E-state index contributed by atoms with van der Waals surface area (Å²) in [6, 6.07) is 9.62. The number of carbonyl (C=O) groups is 1. The maximum atomic E-state index is 12.5. The summed E-state index contributed by atoms with van der Waals surface area (Å²) in [5, 5.41) is 13.7. The van der Waals surface area contributed by atoms with Gasteiger partial charge >= 0.3 is 5.69 Å². The van der Waals surface area contributed by atoms with Gasteiger partial charge in [0.25, 0.3) is 5.91 Å². The van der Waals surface area contributed by atoms with Gasteiger partial charge in [0.1, 0.15) is 0 Å². The van der Waals surface area contributed by atoms with Gasteiger partial charge in [0.2, 0.25) is 10.0 Å². The second kappa shape index (κ2) is 9.23. The molecule has 1 saturated carbocycles. The number of nitro benzene ring substituents is 1. The Kier molecular flexibility index (Phi) is 6.68. The molecule has 1 aliphatic carbocycles. The Labute approximate surface area is 174 Å². The summed E-state index contributed by atoms with van der Waals surface area (Å²) in [6.07, 6.45) is 4.83. The van der Waals surface area contributed by atoms with E-state index in [1.54, 1.807) is 0 Å². The van der Waals surface area contributed by atoms with Crippen LogP contribution >= 0.6 is 0 Å². The van der Waals surface area contributed by atoms with Crippen molar-refractivity contribution in [3.05, 3.63) is 58.1 Å². The minimum atomic E-state index is -3.63. The quantitative estimate of drug-likeness (QED) is 0.508. The fourth-order valence-electron chi connectivity index (χ4n) is 3.40. The van der Waals surface area contributed by atoms with E-state index < -0.39 is 20.9 Å². The molecule has 0 bridgehead atoms. The topological polar surface area (TPSA) is 128 Å². The van der Waals surface area contributed by atoms with E-state index in [1.165, 1.54) is 43.5 Å². The Morgan fingerprint density at radius 1 is 1.10 bits per heavy atom. The lowest BCUT2D eigenvalue weighted by Gasteiger charge is -2.22. The zero-order valence-electron chi connectivity index (χ0n) is 16.5. The number of ether oxygens (including phenoxy) is 1. The first-order valence-corrected chi connectivity index (χ1v) is 11.0.